The van der Waals surface area contributed by atoms with Crippen LogP contribution < -0.4 is 0 Å². The molecule has 1 rings (SSSR count). The van der Waals surface area contributed by atoms with Crippen molar-refractivity contribution in [3.05, 3.63) is 35.9 Å². The molecule has 0 aliphatic heterocycles. The van der Waals surface area contributed by atoms with E-state index in [1.54, 1.807) is 12.1 Å². The van der Waals surface area contributed by atoms with E-state index in [2.05, 4.69) is 0 Å². The highest BCUT2D eigenvalue weighted by Gasteiger charge is 1.79. The van der Waals surface area contributed by atoms with Crippen LogP contribution in [0.15, 0.2) is 30.3 Å². The number of nitriles is 1. The highest BCUT2D eigenvalue weighted by molar-refractivity contribution is 5.27. The molecule has 66 valence electrons. The Hall–Kier alpha value is -1.36. The van der Waals surface area contributed by atoms with E-state index in [1.807, 2.05) is 38.1 Å². The van der Waals surface area contributed by atoms with Crippen LogP contribution >= 0.6 is 0 Å². The van der Waals surface area contributed by atoms with Gasteiger partial charge in [0.25, 0.3) is 0 Å². The molecule has 0 fully saturated rings. The standard InChI is InChI=1S/C7H5N.C2H6.CH3F/c8-6-7-4-2-1-3-5-7;2*1-2/h1-5H;1-2H3;1H3. The normalized spacial score (nSPS) is 6.25. The third kappa shape index (κ3) is 6.76. The summed E-state index contributed by atoms with van der Waals surface area (Å²) in [6.45, 7) is 4.00. The first-order valence-corrected chi connectivity index (χ1v) is 3.76. The van der Waals surface area contributed by atoms with Gasteiger partial charge < -0.3 is 0 Å². The lowest BCUT2D eigenvalue weighted by atomic mass is 10.2. The minimum absolute atomic E-state index is 0.500. The molecular formula is C10H14FN. The lowest BCUT2D eigenvalue weighted by Gasteiger charge is -1.80. The summed E-state index contributed by atoms with van der Waals surface area (Å²) >= 11 is 0. The number of hydrogen-bond donors (Lipinski definition) is 0. The van der Waals surface area contributed by atoms with Gasteiger partial charge in [-0.1, -0.05) is 32.0 Å². The zero-order valence-corrected chi connectivity index (χ0v) is 7.71. The fraction of sp³-hybridized carbons (Fsp3) is 0.300. The zero-order chi connectivity index (χ0) is 9.82. The van der Waals surface area contributed by atoms with Crippen molar-refractivity contribution in [1.29, 1.82) is 5.26 Å². The van der Waals surface area contributed by atoms with Gasteiger partial charge in [0.05, 0.1) is 18.8 Å². The van der Waals surface area contributed by atoms with Crippen LogP contribution in [0.5, 0.6) is 0 Å². The maximum atomic E-state index is 9.50. The van der Waals surface area contributed by atoms with Crippen molar-refractivity contribution in [3.63, 3.8) is 0 Å². The molecule has 0 aromatic heterocycles. The van der Waals surface area contributed by atoms with E-state index in [9.17, 15) is 4.39 Å². The molecule has 0 bridgehead atoms. The molecule has 1 aromatic carbocycles. The zero-order valence-electron chi connectivity index (χ0n) is 7.71. The number of halogens is 1. The maximum absolute atomic E-state index is 9.50. The second-order valence-electron chi connectivity index (χ2n) is 1.48. The topological polar surface area (TPSA) is 23.8 Å². The third-order valence-electron chi connectivity index (χ3n) is 0.903. The fourth-order valence-corrected chi connectivity index (χ4v) is 0.513. The third-order valence-corrected chi connectivity index (χ3v) is 0.903. The average molecular weight is 167 g/mol. The Balaban J connectivity index is 0. The summed E-state index contributed by atoms with van der Waals surface area (Å²) in [6.07, 6.45) is 0. The van der Waals surface area contributed by atoms with Crippen LogP contribution in [0, 0.1) is 11.3 Å². The largest absolute Gasteiger partial charge is 0.255 e. The van der Waals surface area contributed by atoms with Crippen molar-refractivity contribution in [2.45, 2.75) is 13.8 Å². The van der Waals surface area contributed by atoms with Gasteiger partial charge in [0.1, 0.15) is 0 Å². The van der Waals surface area contributed by atoms with E-state index in [-0.39, 0.29) is 0 Å². The quantitative estimate of drug-likeness (QED) is 0.582. The predicted octanol–water partition coefficient (Wildman–Crippen LogP) is 3.17. The van der Waals surface area contributed by atoms with E-state index < -0.39 is 0 Å². The van der Waals surface area contributed by atoms with E-state index in [4.69, 9.17) is 5.26 Å². The predicted molar refractivity (Wildman–Crippen MR) is 49.5 cm³/mol. The van der Waals surface area contributed by atoms with Crippen molar-refractivity contribution < 1.29 is 4.39 Å². The number of nitrogens with zero attached hydrogens (tertiary/aromatic N) is 1. The molecule has 0 saturated heterocycles. The first-order chi connectivity index (χ1) is 5.93. The molecule has 1 nitrogen and oxygen atoms in total. The number of alkyl halides is 1. The molecule has 0 atom stereocenters. The minimum atomic E-state index is 0.500. The lowest BCUT2D eigenvalue weighted by molar-refractivity contribution is 0.636. The molecule has 0 radical (unpaired) electrons. The Bertz CT molecular complexity index is 201. The molecule has 2 heteroatoms. The summed E-state index contributed by atoms with van der Waals surface area (Å²) < 4.78 is 9.50. The van der Waals surface area contributed by atoms with Gasteiger partial charge in [0.2, 0.25) is 0 Å². The van der Waals surface area contributed by atoms with Crippen LogP contribution in [0.25, 0.3) is 0 Å². The Morgan fingerprint density at radius 2 is 1.50 bits per heavy atom. The van der Waals surface area contributed by atoms with Crippen LogP contribution in [-0.2, 0) is 0 Å². The van der Waals surface area contributed by atoms with E-state index >= 15 is 0 Å². The Morgan fingerprint density at radius 3 is 1.75 bits per heavy atom. The summed E-state index contributed by atoms with van der Waals surface area (Å²) in [7, 11) is 0.500. The van der Waals surface area contributed by atoms with E-state index in [0.29, 0.717) is 12.7 Å². The molecule has 0 N–H and O–H groups in total. The molecule has 0 heterocycles. The molecule has 0 aliphatic carbocycles. The van der Waals surface area contributed by atoms with Gasteiger partial charge in [0.15, 0.2) is 0 Å². The fourth-order valence-electron chi connectivity index (χ4n) is 0.513. The summed E-state index contributed by atoms with van der Waals surface area (Å²) in [5, 5.41) is 8.29. The number of benzene rings is 1. The van der Waals surface area contributed by atoms with Gasteiger partial charge in [-0.2, -0.15) is 5.26 Å². The Labute approximate surface area is 73.5 Å². The van der Waals surface area contributed by atoms with Crippen molar-refractivity contribution in [2.24, 2.45) is 0 Å². The minimum Gasteiger partial charge on any atom is -0.255 e. The van der Waals surface area contributed by atoms with Crippen LogP contribution in [0.3, 0.4) is 0 Å². The molecule has 0 aliphatic rings. The SMILES string of the molecule is CC.CF.N#Cc1ccccc1. The maximum Gasteiger partial charge on any atom is 0.0991 e. The van der Waals surface area contributed by atoms with Gasteiger partial charge >= 0.3 is 0 Å². The summed E-state index contributed by atoms with van der Waals surface area (Å²) in [5.41, 5.74) is 0.715. The summed E-state index contributed by atoms with van der Waals surface area (Å²) in [6, 6.07) is 11.2. The second kappa shape index (κ2) is 12.3. The second-order valence-corrected chi connectivity index (χ2v) is 1.48. The van der Waals surface area contributed by atoms with Crippen LogP contribution in [0.2, 0.25) is 0 Å². The van der Waals surface area contributed by atoms with Gasteiger partial charge in [-0.25, -0.2) is 0 Å². The smallest absolute Gasteiger partial charge is 0.0991 e. The number of hydrogen-bond acceptors (Lipinski definition) is 1. The molecule has 0 saturated carbocycles. The van der Waals surface area contributed by atoms with Crippen molar-refractivity contribution >= 4 is 0 Å². The number of rotatable bonds is 0. The molecule has 1 aromatic rings. The molecule has 0 amide bonds. The highest BCUT2D eigenvalue weighted by Crippen LogP contribution is 1.92. The average Bonchev–Trinajstić information content (AvgIpc) is 2.25. The van der Waals surface area contributed by atoms with Gasteiger partial charge in [-0.15, -0.1) is 0 Å². The highest BCUT2D eigenvalue weighted by atomic mass is 19.1. The molecular weight excluding hydrogens is 153 g/mol. The van der Waals surface area contributed by atoms with Gasteiger partial charge in [-0.05, 0) is 12.1 Å². The first-order valence-electron chi connectivity index (χ1n) is 3.76. The lowest BCUT2D eigenvalue weighted by Crippen LogP contribution is -1.66. The Kier molecular flexibility index (Phi) is 13.6. The summed E-state index contributed by atoms with van der Waals surface area (Å²) in [5.74, 6) is 0. The van der Waals surface area contributed by atoms with Gasteiger partial charge in [-0.3, -0.25) is 4.39 Å². The van der Waals surface area contributed by atoms with Crippen LogP contribution in [0.1, 0.15) is 19.4 Å². The molecule has 12 heavy (non-hydrogen) atoms. The monoisotopic (exact) mass is 167 g/mol. The Morgan fingerprint density at radius 1 is 1.08 bits per heavy atom. The molecule has 0 unspecified atom stereocenters. The van der Waals surface area contributed by atoms with E-state index in [0.717, 1.165) is 0 Å². The van der Waals surface area contributed by atoms with Crippen LogP contribution in [-0.4, -0.2) is 7.18 Å². The van der Waals surface area contributed by atoms with Crippen molar-refractivity contribution in [1.82, 2.24) is 0 Å². The summed E-state index contributed by atoms with van der Waals surface area (Å²) in [4.78, 5) is 0. The van der Waals surface area contributed by atoms with E-state index in [1.165, 1.54) is 0 Å². The van der Waals surface area contributed by atoms with Gasteiger partial charge in [0, 0.05) is 0 Å². The van der Waals surface area contributed by atoms with Crippen molar-refractivity contribution in [3.8, 4) is 6.07 Å². The van der Waals surface area contributed by atoms with Crippen molar-refractivity contribution in [2.75, 3.05) is 7.18 Å². The first kappa shape index (κ1) is 13.2. The molecule has 0 spiro atoms. The van der Waals surface area contributed by atoms with Crippen LogP contribution in [0.4, 0.5) is 4.39 Å².